The summed E-state index contributed by atoms with van der Waals surface area (Å²) in [6, 6.07) is 7.84. The molecule has 1 heterocycles. The largest absolute Gasteiger partial charge is 0.497 e. The van der Waals surface area contributed by atoms with Crippen LogP contribution in [0.1, 0.15) is 44.3 Å². The third-order valence-electron chi connectivity index (χ3n) is 7.14. The van der Waals surface area contributed by atoms with Crippen LogP contribution < -0.4 is 10.1 Å². The van der Waals surface area contributed by atoms with Gasteiger partial charge in [0.05, 0.1) is 13.7 Å². The molecule has 6 nitrogen and oxygen atoms in total. The number of hydrogen-bond acceptors (Lipinski definition) is 5. The lowest BCUT2D eigenvalue weighted by molar-refractivity contribution is -0.146. The molecule has 0 atom stereocenters. The van der Waals surface area contributed by atoms with Gasteiger partial charge in [0.1, 0.15) is 5.75 Å². The van der Waals surface area contributed by atoms with Crippen molar-refractivity contribution in [2.75, 3.05) is 13.4 Å². The highest BCUT2D eigenvalue weighted by atomic mass is 32.2. The average molecular weight is 413 g/mol. The SMILES string of the molecule is COc1ccc(-n2c(CNC(=O)C34CC5CC(CC(C5)C3)C4)nnc2SC)cc1. The van der Waals surface area contributed by atoms with E-state index in [1.165, 1.54) is 19.3 Å². The Hall–Kier alpha value is -2.02. The van der Waals surface area contributed by atoms with Crippen molar-refractivity contribution in [1.82, 2.24) is 20.1 Å². The van der Waals surface area contributed by atoms with Crippen molar-refractivity contribution in [3.8, 4) is 11.4 Å². The number of carbonyl (C=O) groups excluding carboxylic acids is 1. The number of amides is 1. The van der Waals surface area contributed by atoms with E-state index in [0.29, 0.717) is 6.54 Å². The Kier molecular flexibility index (Phi) is 4.81. The quantitative estimate of drug-likeness (QED) is 0.730. The minimum atomic E-state index is -0.137. The lowest BCUT2D eigenvalue weighted by atomic mass is 9.49. The summed E-state index contributed by atoms with van der Waals surface area (Å²) in [5.74, 6) is 4.09. The van der Waals surface area contributed by atoms with Gasteiger partial charge in [-0.05, 0) is 86.8 Å². The number of thioether (sulfide) groups is 1. The van der Waals surface area contributed by atoms with E-state index in [1.54, 1.807) is 18.9 Å². The fourth-order valence-corrected chi connectivity index (χ4v) is 6.79. The van der Waals surface area contributed by atoms with Crippen LogP contribution in [0, 0.1) is 23.2 Å². The van der Waals surface area contributed by atoms with Gasteiger partial charge in [0.15, 0.2) is 11.0 Å². The summed E-state index contributed by atoms with van der Waals surface area (Å²) in [6.45, 7) is 0.403. The molecular weight excluding hydrogens is 384 g/mol. The van der Waals surface area contributed by atoms with Gasteiger partial charge in [-0.2, -0.15) is 0 Å². The second-order valence-corrected chi connectivity index (χ2v) is 9.79. The van der Waals surface area contributed by atoms with Crippen LogP contribution in [-0.4, -0.2) is 34.0 Å². The molecule has 2 aromatic rings. The Balaban J connectivity index is 1.35. The van der Waals surface area contributed by atoms with Gasteiger partial charge in [-0.1, -0.05) is 11.8 Å². The van der Waals surface area contributed by atoms with Crippen LogP contribution in [0.25, 0.3) is 5.69 Å². The van der Waals surface area contributed by atoms with E-state index in [0.717, 1.165) is 59.4 Å². The van der Waals surface area contributed by atoms with Crippen molar-refractivity contribution in [3.63, 3.8) is 0 Å². The summed E-state index contributed by atoms with van der Waals surface area (Å²) in [4.78, 5) is 13.3. The lowest BCUT2D eigenvalue weighted by Crippen LogP contribution is -2.53. The summed E-state index contributed by atoms with van der Waals surface area (Å²) in [5, 5.41) is 12.7. The summed E-state index contributed by atoms with van der Waals surface area (Å²) >= 11 is 1.55. The second-order valence-electron chi connectivity index (χ2n) is 9.02. The van der Waals surface area contributed by atoms with Gasteiger partial charge in [-0.3, -0.25) is 9.36 Å². The lowest BCUT2D eigenvalue weighted by Gasteiger charge is -2.55. The van der Waals surface area contributed by atoms with E-state index >= 15 is 0 Å². The highest BCUT2D eigenvalue weighted by molar-refractivity contribution is 7.98. The number of benzene rings is 1. The number of aromatic nitrogens is 3. The van der Waals surface area contributed by atoms with Gasteiger partial charge < -0.3 is 10.1 Å². The first kappa shape index (κ1) is 19.0. The molecule has 4 fully saturated rings. The topological polar surface area (TPSA) is 69.0 Å². The Bertz CT molecular complexity index is 873. The van der Waals surface area contributed by atoms with Crippen LogP contribution in [-0.2, 0) is 11.3 Å². The first-order valence-corrected chi connectivity index (χ1v) is 11.7. The van der Waals surface area contributed by atoms with Crippen molar-refractivity contribution in [1.29, 1.82) is 0 Å². The molecule has 1 aromatic heterocycles. The van der Waals surface area contributed by atoms with Crippen molar-refractivity contribution in [2.24, 2.45) is 23.2 Å². The molecule has 1 aromatic carbocycles. The monoisotopic (exact) mass is 412 g/mol. The van der Waals surface area contributed by atoms with E-state index < -0.39 is 0 Å². The number of nitrogens with zero attached hydrogens (tertiary/aromatic N) is 3. The molecule has 4 aliphatic rings. The normalized spacial score (nSPS) is 29.8. The van der Waals surface area contributed by atoms with Crippen molar-refractivity contribution >= 4 is 17.7 Å². The van der Waals surface area contributed by atoms with Crippen LogP contribution in [0.4, 0.5) is 0 Å². The van der Waals surface area contributed by atoms with E-state index in [2.05, 4.69) is 15.5 Å². The van der Waals surface area contributed by atoms with E-state index in [-0.39, 0.29) is 11.3 Å². The number of nitrogens with one attached hydrogen (secondary N) is 1. The van der Waals surface area contributed by atoms with Crippen molar-refractivity contribution in [3.05, 3.63) is 30.1 Å². The molecule has 4 saturated carbocycles. The maximum atomic E-state index is 13.3. The Labute approximate surface area is 175 Å². The molecule has 6 rings (SSSR count). The van der Waals surface area contributed by atoms with Gasteiger partial charge in [0.2, 0.25) is 5.91 Å². The molecule has 0 unspecified atom stereocenters. The van der Waals surface area contributed by atoms with Crippen LogP contribution >= 0.6 is 11.8 Å². The van der Waals surface area contributed by atoms with Crippen molar-refractivity contribution < 1.29 is 9.53 Å². The first-order chi connectivity index (χ1) is 14.1. The Morgan fingerprint density at radius 3 is 2.31 bits per heavy atom. The molecule has 1 amide bonds. The molecular formula is C22H28N4O2S. The van der Waals surface area contributed by atoms with Crippen molar-refractivity contribution in [2.45, 2.75) is 50.2 Å². The maximum Gasteiger partial charge on any atom is 0.226 e. The zero-order valence-corrected chi connectivity index (χ0v) is 17.9. The maximum absolute atomic E-state index is 13.3. The van der Waals surface area contributed by atoms with Crippen LogP contribution in [0.5, 0.6) is 5.75 Å². The predicted octanol–water partition coefficient (Wildman–Crippen LogP) is 3.83. The minimum absolute atomic E-state index is 0.137. The molecule has 0 aliphatic heterocycles. The van der Waals surface area contributed by atoms with Gasteiger partial charge >= 0.3 is 0 Å². The molecule has 4 bridgehead atoms. The Morgan fingerprint density at radius 1 is 1.14 bits per heavy atom. The average Bonchev–Trinajstić information content (AvgIpc) is 3.14. The van der Waals surface area contributed by atoms with Crippen LogP contribution in [0.2, 0.25) is 0 Å². The zero-order chi connectivity index (χ0) is 20.0. The molecule has 0 saturated heterocycles. The van der Waals surface area contributed by atoms with Crippen LogP contribution in [0.3, 0.4) is 0 Å². The number of ether oxygens (including phenoxy) is 1. The summed E-state index contributed by atoms with van der Waals surface area (Å²) in [7, 11) is 1.66. The molecule has 154 valence electrons. The second kappa shape index (κ2) is 7.35. The molecule has 4 aliphatic carbocycles. The van der Waals surface area contributed by atoms with E-state index in [9.17, 15) is 4.79 Å². The number of carbonyl (C=O) groups is 1. The summed E-state index contributed by atoms with van der Waals surface area (Å²) in [6.07, 6.45) is 9.24. The highest BCUT2D eigenvalue weighted by Gasteiger charge is 2.54. The standard InChI is InChI=1S/C22H28N4O2S/c1-28-18-5-3-17(4-6-18)26-19(24-25-21(26)29-2)13-23-20(27)22-10-14-7-15(11-22)9-16(8-14)12-22/h3-6,14-16H,7-13H2,1-2H3,(H,23,27). The third-order valence-corrected chi connectivity index (χ3v) is 7.77. The van der Waals surface area contributed by atoms with Gasteiger partial charge in [-0.15, -0.1) is 10.2 Å². The third kappa shape index (κ3) is 3.33. The zero-order valence-electron chi connectivity index (χ0n) is 17.1. The smallest absolute Gasteiger partial charge is 0.226 e. The predicted molar refractivity (Wildman–Crippen MR) is 112 cm³/mol. The first-order valence-electron chi connectivity index (χ1n) is 10.5. The molecule has 29 heavy (non-hydrogen) atoms. The molecule has 7 heteroatoms. The number of methoxy groups -OCH3 is 1. The van der Waals surface area contributed by atoms with E-state index in [4.69, 9.17) is 4.74 Å². The fraction of sp³-hybridized carbons (Fsp3) is 0.591. The summed E-state index contributed by atoms with van der Waals surface area (Å²) in [5.41, 5.74) is 0.835. The number of rotatable bonds is 6. The van der Waals surface area contributed by atoms with Gasteiger partial charge in [0, 0.05) is 11.1 Å². The van der Waals surface area contributed by atoms with Gasteiger partial charge in [0.25, 0.3) is 0 Å². The van der Waals surface area contributed by atoms with Crippen LogP contribution in [0.15, 0.2) is 29.4 Å². The van der Waals surface area contributed by atoms with E-state index in [1.807, 2.05) is 35.1 Å². The molecule has 0 radical (unpaired) electrons. The summed E-state index contributed by atoms with van der Waals surface area (Å²) < 4.78 is 7.28. The number of hydrogen-bond donors (Lipinski definition) is 1. The minimum Gasteiger partial charge on any atom is -0.497 e. The van der Waals surface area contributed by atoms with Gasteiger partial charge in [-0.25, -0.2) is 0 Å². The Morgan fingerprint density at radius 2 is 1.76 bits per heavy atom. The fourth-order valence-electron chi connectivity index (χ4n) is 6.27. The molecule has 0 spiro atoms. The molecule has 1 N–H and O–H groups in total. The highest BCUT2D eigenvalue weighted by Crippen LogP contribution is 2.60.